The van der Waals surface area contributed by atoms with Crippen LogP contribution in [0.2, 0.25) is 0 Å². The van der Waals surface area contributed by atoms with Gasteiger partial charge in [0.15, 0.2) is 0 Å². The van der Waals surface area contributed by atoms with Gasteiger partial charge in [-0.05, 0) is 13.3 Å². The van der Waals surface area contributed by atoms with Gasteiger partial charge in [-0.15, -0.1) is 0 Å². The molecule has 0 bridgehead atoms. The van der Waals surface area contributed by atoms with Crippen LogP contribution in [0.1, 0.15) is 33.6 Å². The van der Waals surface area contributed by atoms with E-state index in [0.29, 0.717) is 25.9 Å². The van der Waals surface area contributed by atoms with Crippen LogP contribution in [0.4, 0.5) is 0 Å². The fourth-order valence-corrected chi connectivity index (χ4v) is 1.55. The van der Waals surface area contributed by atoms with Crippen molar-refractivity contribution in [2.45, 2.75) is 39.2 Å². The van der Waals surface area contributed by atoms with Crippen molar-refractivity contribution < 1.29 is 19.5 Å². The molecule has 7 nitrogen and oxygen atoms in total. The average Bonchev–Trinajstić information content (AvgIpc) is 2.32. The van der Waals surface area contributed by atoms with E-state index in [2.05, 4.69) is 16.0 Å². The van der Waals surface area contributed by atoms with Gasteiger partial charge in [-0.3, -0.25) is 19.7 Å². The van der Waals surface area contributed by atoms with E-state index >= 15 is 0 Å². The van der Waals surface area contributed by atoms with E-state index in [1.807, 2.05) is 6.92 Å². The molecule has 0 aliphatic rings. The first kappa shape index (κ1) is 17.4. The van der Waals surface area contributed by atoms with Gasteiger partial charge >= 0.3 is 5.97 Å². The van der Waals surface area contributed by atoms with Crippen molar-refractivity contribution in [2.75, 3.05) is 19.6 Å². The van der Waals surface area contributed by atoms with E-state index in [4.69, 9.17) is 5.11 Å². The summed E-state index contributed by atoms with van der Waals surface area (Å²) in [6.07, 6.45) is 1.15. The summed E-state index contributed by atoms with van der Waals surface area (Å²) < 4.78 is 0. The number of carbonyl (C=O) groups is 3. The number of hydrogen-bond donors (Lipinski definition) is 4. The van der Waals surface area contributed by atoms with E-state index < -0.39 is 11.5 Å². The van der Waals surface area contributed by atoms with Gasteiger partial charge in [-0.2, -0.15) is 0 Å². The van der Waals surface area contributed by atoms with Crippen LogP contribution in [-0.4, -0.2) is 48.1 Å². The number of carbonyl (C=O) groups excluding carboxylic acids is 2. The topological polar surface area (TPSA) is 108 Å². The largest absolute Gasteiger partial charge is 0.480 e. The van der Waals surface area contributed by atoms with Crippen molar-refractivity contribution >= 4 is 17.8 Å². The fraction of sp³-hybridized carbons (Fsp3) is 0.750. The highest BCUT2D eigenvalue weighted by molar-refractivity contribution is 5.82. The Bertz CT molecular complexity index is 333. The maximum Gasteiger partial charge on any atom is 0.323 e. The highest BCUT2D eigenvalue weighted by atomic mass is 16.4. The first-order chi connectivity index (χ1) is 8.81. The minimum absolute atomic E-state index is 0.0666. The molecule has 0 aliphatic heterocycles. The minimum Gasteiger partial charge on any atom is -0.480 e. The third-order valence-corrected chi connectivity index (χ3v) is 2.68. The molecule has 19 heavy (non-hydrogen) atoms. The van der Waals surface area contributed by atoms with Crippen molar-refractivity contribution in [2.24, 2.45) is 0 Å². The van der Waals surface area contributed by atoms with E-state index in [0.717, 1.165) is 0 Å². The van der Waals surface area contributed by atoms with Crippen molar-refractivity contribution in [3.8, 4) is 0 Å². The molecule has 0 saturated heterocycles. The molecule has 0 aromatic rings. The van der Waals surface area contributed by atoms with E-state index in [9.17, 15) is 14.4 Å². The number of carboxylic acids is 1. The Kier molecular flexibility index (Phi) is 7.74. The van der Waals surface area contributed by atoms with Gasteiger partial charge in [0.2, 0.25) is 11.8 Å². The number of carboxylic acid groups (broad SMARTS) is 1. The SMILES string of the molecule is CCCC(C)(NCC(=O)NCCNC(C)=O)C(=O)O. The second-order valence-electron chi connectivity index (χ2n) is 4.57. The van der Waals surface area contributed by atoms with Crippen LogP contribution in [0.15, 0.2) is 0 Å². The fourth-order valence-electron chi connectivity index (χ4n) is 1.55. The van der Waals surface area contributed by atoms with Gasteiger partial charge in [0, 0.05) is 20.0 Å². The van der Waals surface area contributed by atoms with Crippen molar-refractivity contribution in [3.05, 3.63) is 0 Å². The van der Waals surface area contributed by atoms with Crippen LogP contribution in [-0.2, 0) is 14.4 Å². The first-order valence-electron chi connectivity index (χ1n) is 6.31. The summed E-state index contributed by atoms with van der Waals surface area (Å²) in [6, 6.07) is 0. The highest BCUT2D eigenvalue weighted by Crippen LogP contribution is 2.11. The van der Waals surface area contributed by atoms with Crippen molar-refractivity contribution in [1.82, 2.24) is 16.0 Å². The molecule has 0 rings (SSSR count). The predicted octanol–water partition coefficient (Wildman–Crippen LogP) is -0.528. The molecule has 1 atom stereocenters. The maximum atomic E-state index is 11.5. The lowest BCUT2D eigenvalue weighted by atomic mass is 9.96. The lowest BCUT2D eigenvalue weighted by molar-refractivity contribution is -0.144. The normalized spacial score (nSPS) is 13.4. The molecule has 1 unspecified atom stereocenters. The second kappa shape index (κ2) is 8.47. The molecule has 7 heteroatoms. The molecule has 0 radical (unpaired) electrons. The summed E-state index contributed by atoms with van der Waals surface area (Å²) in [7, 11) is 0. The van der Waals surface area contributed by atoms with E-state index in [-0.39, 0.29) is 18.4 Å². The molecule has 0 saturated carbocycles. The van der Waals surface area contributed by atoms with Crippen LogP contribution in [0, 0.1) is 0 Å². The Morgan fingerprint density at radius 1 is 1.16 bits per heavy atom. The quantitative estimate of drug-likeness (QED) is 0.422. The molecular formula is C12H23N3O4. The number of aliphatic carboxylic acids is 1. The molecule has 0 aromatic heterocycles. The standard InChI is InChI=1S/C12H23N3O4/c1-4-5-12(3,11(18)19)15-8-10(17)14-7-6-13-9(2)16/h15H,4-8H2,1-3H3,(H,13,16)(H,14,17)(H,18,19). The Morgan fingerprint density at radius 2 is 1.74 bits per heavy atom. The zero-order valence-corrected chi connectivity index (χ0v) is 11.7. The van der Waals surface area contributed by atoms with Crippen molar-refractivity contribution in [3.63, 3.8) is 0 Å². The molecule has 0 fully saturated rings. The third kappa shape index (κ3) is 7.40. The smallest absolute Gasteiger partial charge is 0.323 e. The lowest BCUT2D eigenvalue weighted by Crippen LogP contribution is -2.52. The molecule has 2 amide bonds. The summed E-state index contributed by atoms with van der Waals surface area (Å²) in [6.45, 7) is 5.44. The van der Waals surface area contributed by atoms with E-state index in [1.54, 1.807) is 6.92 Å². The zero-order valence-electron chi connectivity index (χ0n) is 11.7. The van der Waals surface area contributed by atoms with Gasteiger partial charge in [-0.1, -0.05) is 13.3 Å². The summed E-state index contributed by atoms with van der Waals surface area (Å²) in [5, 5.41) is 17.0. The van der Waals surface area contributed by atoms with Gasteiger partial charge in [0.05, 0.1) is 6.54 Å². The van der Waals surface area contributed by atoms with Crippen LogP contribution in [0.3, 0.4) is 0 Å². The molecule has 0 heterocycles. The van der Waals surface area contributed by atoms with Crippen LogP contribution >= 0.6 is 0 Å². The second-order valence-corrected chi connectivity index (χ2v) is 4.57. The lowest BCUT2D eigenvalue weighted by Gasteiger charge is -2.25. The molecule has 0 spiro atoms. The molecule has 4 N–H and O–H groups in total. The number of amides is 2. The highest BCUT2D eigenvalue weighted by Gasteiger charge is 2.31. The van der Waals surface area contributed by atoms with Crippen LogP contribution < -0.4 is 16.0 Å². The molecule has 0 aromatic carbocycles. The Labute approximate surface area is 113 Å². The number of nitrogens with one attached hydrogen (secondary N) is 3. The van der Waals surface area contributed by atoms with Crippen LogP contribution in [0.25, 0.3) is 0 Å². The van der Waals surface area contributed by atoms with Crippen molar-refractivity contribution in [1.29, 1.82) is 0 Å². The summed E-state index contributed by atoms with van der Waals surface area (Å²) in [4.78, 5) is 33.2. The van der Waals surface area contributed by atoms with E-state index in [1.165, 1.54) is 6.92 Å². The van der Waals surface area contributed by atoms with Gasteiger partial charge in [0.1, 0.15) is 5.54 Å². The Morgan fingerprint density at radius 3 is 2.21 bits per heavy atom. The maximum absolute atomic E-state index is 11.5. The third-order valence-electron chi connectivity index (χ3n) is 2.68. The Hall–Kier alpha value is -1.63. The van der Waals surface area contributed by atoms with Gasteiger partial charge in [-0.25, -0.2) is 0 Å². The average molecular weight is 273 g/mol. The number of hydrogen-bond acceptors (Lipinski definition) is 4. The molecule has 0 aliphatic carbocycles. The minimum atomic E-state index is -1.09. The van der Waals surface area contributed by atoms with Crippen LogP contribution in [0.5, 0.6) is 0 Å². The summed E-state index contributed by atoms with van der Waals surface area (Å²) >= 11 is 0. The molecular weight excluding hydrogens is 250 g/mol. The van der Waals surface area contributed by atoms with Gasteiger partial charge in [0.25, 0.3) is 0 Å². The monoisotopic (exact) mass is 273 g/mol. The number of rotatable bonds is 9. The zero-order chi connectivity index (χ0) is 14.9. The Balaban J connectivity index is 3.99. The molecule has 110 valence electrons. The summed E-state index contributed by atoms with van der Waals surface area (Å²) in [5.74, 6) is -1.43. The first-order valence-corrected chi connectivity index (χ1v) is 6.31. The van der Waals surface area contributed by atoms with Gasteiger partial charge < -0.3 is 15.7 Å². The summed E-state index contributed by atoms with van der Waals surface area (Å²) in [5.41, 5.74) is -1.09. The predicted molar refractivity (Wildman–Crippen MR) is 70.6 cm³/mol.